The molecule has 1 saturated heterocycles. The van der Waals surface area contributed by atoms with Gasteiger partial charge in [0, 0.05) is 25.3 Å². The maximum Gasteiger partial charge on any atom is 0.321 e. The maximum absolute atomic E-state index is 12.3. The molecule has 0 radical (unpaired) electrons. The monoisotopic (exact) mass is 369 g/mol. The number of likely N-dealkylation sites (tertiary alicyclic amines) is 1. The summed E-state index contributed by atoms with van der Waals surface area (Å²) in [4.78, 5) is 24.9. The predicted molar refractivity (Wildman–Crippen MR) is 92.9 cm³/mol. The first-order valence-corrected chi connectivity index (χ1v) is 9.70. The fraction of sp³-hybridized carbons (Fsp3) is 0.500. The molecule has 3 N–H and O–H groups in total. The molecular formula is C16H23N3O5S. The van der Waals surface area contributed by atoms with E-state index < -0.39 is 21.9 Å². The average Bonchev–Trinajstić information content (AvgIpc) is 2.60. The van der Waals surface area contributed by atoms with Gasteiger partial charge in [-0.15, -0.1) is 0 Å². The van der Waals surface area contributed by atoms with E-state index in [-0.39, 0.29) is 17.5 Å². The van der Waals surface area contributed by atoms with Crippen LogP contribution in [-0.2, 0) is 14.8 Å². The molecule has 138 valence electrons. The van der Waals surface area contributed by atoms with Crippen LogP contribution in [0.1, 0.15) is 26.2 Å². The number of piperidine rings is 1. The van der Waals surface area contributed by atoms with Crippen molar-refractivity contribution in [2.45, 2.75) is 31.1 Å². The van der Waals surface area contributed by atoms with Crippen molar-refractivity contribution in [3.8, 4) is 0 Å². The van der Waals surface area contributed by atoms with Gasteiger partial charge < -0.3 is 15.3 Å². The molecule has 25 heavy (non-hydrogen) atoms. The normalized spacial score (nSPS) is 18.0. The summed E-state index contributed by atoms with van der Waals surface area (Å²) < 4.78 is 26.5. The zero-order valence-electron chi connectivity index (χ0n) is 14.1. The second-order valence-corrected chi connectivity index (χ2v) is 7.74. The summed E-state index contributed by atoms with van der Waals surface area (Å²) in [6.45, 7) is 2.91. The quantitative estimate of drug-likeness (QED) is 0.706. The van der Waals surface area contributed by atoms with Crippen molar-refractivity contribution in [2.24, 2.45) is 5.92 Å². The lowest BCUT2D eigenvalue weighted by Gasteiger charge is -2.30. The molecule has 1 atom stereocenters. The van der Waals surface area contributed by atoms with Crippen molar-refractivity contribution >= 4 is 27.7 Å². The number of carboxylic acids is 1. The van der Waals surface area contributed by atoms with Gasteiger partial charge in [0.25, 0.3) is 0 Å². The second-order valence-electron chi connectivity index (χ2n) is 5.98. The number of carboxylic acid groups (broad SMARTS) is 1. The number of hydrogen-bond acceptors (Lipinski definition) is 4. The Bertz CT molecular complexity index is 718. The maximum atomic E-state index is 12.3. The summed E-state index contributed by atoms with van der Waals surface area (Å²) >= 11 is 0. The van der Waals surface area contributed by atoms with Crippen LogP contribution in [0, 0.1) is 5.92 Å². The molecule has 2 amide bonds. The fourth-order valence-electron chi connectivity index (χ4n) is 2.60. The molecule has 1 aliphatic rings. The van der Waals surface area contributed by atoms with E-state index in [0.717, 1.165) is 0 Å². The van der Waals surface area contributed by atoms with E-state index in [1.807, 2.05) is 6.92 Å². The van der Waals surface area contributed by atoms with Gasteiger partial charge in [-0.3, -0.25) is 4.79 Å². The molecule has 1 aromatic rings. The molecular weight excluding hydrogens is 346 g/mol. The first-order valence-electron chi connectivity index (χ1n) is 8.22. The van der Waals surface area contributed by atoms with Gasteiger partial charge in [0.05, 0.1) is 10.8 Å². The first kappa shape index (κ1) is 19.2. The first-order chi connectivity index (χ1) is 11.8. The van der Waals surface area contributed by atoms with E-state index in [1.54, 1.807) is 0 Å². The largest absolute Gasteiger partial charge is 0.481 e. The van der Waals surface area contributed by atoms with Crippen molar-refractivity contribution in [1.82, 2.24) is 9.62 Å². The van der Waals surface area contributed by atoms with Crippen LogP contribution < -0.4 is 10.0 Å². The van der Waals surface area contributed by atoms with Crippen LogP contribution in [0.3, 0.4) is 0 Å². The highest BCUT2D eigenvalue weighted by molar-refractivity contribution is 7.89. The summed E-state index contributed by atoms with van der Waals surface area (Å²) in [6.07, 6.45) is 1.90. The Morgan fingerprint density at radius 3 is 2.56 bits per heavy atom. The number of anilines is 1. The predicted octanol–water partition coefficient (Wildman–Crippen LogP) is 1.70. The Morgan fingerprint density at radius 1 is 1.28 bits per heavy atom. The summed E-state index contributed by atoms with van der Waals surface area (Å²) in [6, 6.07) is 5.48. The lowest BCUT2D eigenvalue weighted by molar-refractivity contribution is -0.143. The summed E-state index contributed by atoms with van der Waals surface area (Å²) in [5.41, 5.74) is 0.455. The number of nitrogens with one attached hydrogen (secondary N) is 2. The van der Waals surface area contributed by atoms with Crippen molar-refractivity contribution in [2.75, 3.05) is 25.0 Å². The van der Waals surface area contributed by atoms with Gasteiger partial charge in [-0.1, -0.05) is 6.92 Å². The highest BCUT2D eigenvalue weighted by atomic mass is 32.2. The van der Waals surface area contributed by atoms with Gasteiger partial charge >= 0.3 is 12.0 Å². The van der Waals surface area contributed by atoms with Gasteiger partial charge in [0.1, 0.15) is 0 Å². The molecule has 1 fully saturated rings. The standard InChI is InChI=1S/C16H23N3O5S/c1-2-9-17-25(23,24)14-7-5-13(6-8-14)18-16(22)19-10-3-4-12(11-19)15(20)21/h5-8,12,17H,2-4,9-11H2,1H3,(H,18,22)(H,20,21). The van der Waals surface area contributed by atoms with Crippen molar-refractivity contribution in [3.63, 3.8) is 0 Å². The Labute approximate surface area is 147 Å². The van der Waals surface area contributed by atoms with Gasteiger partial charge in [-0.2, -0.15) is 0 Å². The zero-order chi connectivity index (χ0) is 18.4. The molecule has 9 heteroatoms. The number of aliphatic carboxylic acids is 1. The van der Waals surface area contributed by atoms with Crippen LogP contribution in [-0.4, -0.2) is 50.1 Å². The van der Waals surface area contributed by atoms with Gasteiger partial charge in [0.15, 0.2) is 0 Å². The number of carbonyl (C=O) groups is 2. The molecule has 0 aliphatic carbocycles. The van der Waals surface area contributed by atoms with E-state index in [0.29, 0.717) is 38.0 Å². The molecule has 0 spiro atoms. The highest BCUT2D eigenvalue weighted by Crippen LogP contribution is 2.19. The number of nitrogens with zero attached hydrogens (tertiary/aromatic N) is 1. The molecule has 1 unspecified atom stereocenters. The summed E-state index contributed by atoms with van der Waals surface area (Å²) in [5, 5.41) is 11.7. The molecule has 0 aromatic heterocycles. The van der Waals surface area contributed by atoms with Crippen LogP contribution in [0.15, 0.2) is 29.2 Å². The van der Waals surface area contributed by atoms with Gasteiger partial charge in [-0.05, 0) is 43.5 Å². The fourth-order valence-corrected chi connectivity index (χ4v) is 3.74. The average molecular weight is 369 g/mol. The molecule has 1 heterocycles. The molecule has 1 aromatic carbocycles. The lowest BCUT2D eigenvalue weighted by atomic mass is 9.99. The Hall–Kier alpha value is -2.13. The van der Waals surface area contributed by atoms with E-state index in [1.165, 1.54) is 29.2 Å². The molecule has 0 bridgehead atoms. The van der Waals surface area contributed by atoms with Gasteiger partial charge in [-0.25, -0.2) is 17.9 Å². The van der Waals surface area contributed by atoms with Crippen LogP contribution in [0.2, 0.25) is 0 Å². The molecule has 2 rings (SSSR count). The molecule has 8 nitrogen and oxygen atoms in total. The van der Waals surface area contributed by atoms with Gasteiger partial charge in [0.2, 0.25) is 10.0 Å². The Balaban J connectivity index is 1.99. The van der Waals surface area contributed by atoms with E-state index >= 15 is 0 Å². The minimum Gasteiger partial charge on any atom is -0.481 e. The van der Waals surface area contributed by atoms with Crippen molar-refractivity contribution in [1.29, 1.82) is 0 Å². The number of carbonyl (C=O) groups excluding carboxylic acids is 1. The van der Waals surface area contributed by atoms with E-state index in [2.05, 4.69) is 10.0 Å². The number of benzene rings is 1. The smallest absolute Gasteiger partial charge is 0.321 e. The Morgan fingerprint density at radius 2 is 1.96 bits per heavy atom. The molecule has 1 aliphatic heterocycles. The molecule has 0 saturated carbocycles. The van der Waals surface area contributed by atoms with Crippen LogP contribution in [0.5, 0.6) is 0 Å². The number of sulfonamides is 1. The van der Waals surface area contributed by atoms with Crippen LogP contribution >= 0.6 is 0 Å². The van der Waals surface area contributed by atoms with E-state index in [9.17, 15) is 18.0 Å². The van der Waals surface area contributed by atoms with Crippen molar-refractivity contribution in [3.05, 3.63) is 24.3 Å². The van der Waals surface area contributed by atoms with Crippen LogP contribution in [0.4, 0.5) is 10.5 Å². The van der Waals surface area contributed by atoms with Crippen LogP contribution in [0.25, 0.3) is 0 Å². The number of rotatable bonds is 6. The minimum absolute atomic E-state index is 0.128. The SMILES string of the molecule is CCCNS(=O)(=O)c1ccc(NC(=O)N2CCCC(C(=O)O)C2)cc1. The third-order valence-corrected chi connectivity index (χ3v) is 5.49. The third-order valence-electron chi connectivity index (χ3n) is 4.02. The second kappa shape index (κ2) is 8.30. The lowest BCUT2D eigenvalue weighted by Crippen LogP contribution is -2.44. The van der Waals surface area contributed by atoms with Crippen molar-refractivity contribution < 1.29 is 23.1 Å². The third kappa shape index (κ3) is 5.17. The summed E-state index contributed by atoms with van der Waals surface area (Å²) in [5.74, 6) is -1.44. The topological polar surface area (TPSA) is 116 Å². The summed E-state index contributed by atoms with van der Waals surface area (Å²) in [7, 11) is -3.54. The minimum atomic E-state index is -3.54. The number of amides is 2. The zero-order valence-corrected chi connectivity index (χ0v) is 14.9. The number of hydrogen-bond donors (Lipinski definition) is 3. The number of urea groups is 1. The Kier molecular flexibility index (Phi) is 6.38. The highest BCUT2D eigenvalue weighted by Gasteiger charge is 2.28. The van der Waals surface area contributed by atoms with E-state index in [4.69, 9.17) is 5.11 Å².